The van der Waals surface area contributed by atoms with Crippen molar-refractivity contribution in [1.29, 1.82) is 0 Å². The van der Waals surface area contributed by atoms with E-state index in [2.05, 4.69) is 26.2 Å². The predicted octanol–water partition coefficient (Wildman–Crippen LogP) is 4.58. The molecule has 3 rings (SSSR count). The molecule has 116 valence electrons. The van der Waals surface area contributed by atoms with Crippen LogP contribution in [0.25, 0.3) is 11.3 Å². The van der Waals surface area contributed by atoms with Crippen molar-refractivity contribution in [1.82, 2.24) is 4.98 Å². The first kappa shape index (κ1) is 15.9. The van der Waals surface area contributed by atoms with Crippen LogP contribution >= 0.6 is 38.6 Å². The summed E-state index contributed by atoms with van der Waals surface area (Å²) < 4.78 is 0.816. The van der Waals surface area contributed by atoms with Crippen LogP contribution in [0.3, 0.4) is 0 Å². The first-order valence-corrected chi connectivity index (χ1v) is 8.83. The molecular formula is C15H9BrN2O3S2. The molecule has 0 bridgehead atoms. The molecule has 2 heterocycles. The van der Waals surface area contributed by atoms with Gasteiger partial charge in [-0.25, -0.2) is 9.78 Å². The Kier molecular flexibility index (Phi) is 4.56. The van der Waals surface area contributed by atoms with Crippen LogP contribution in [0, 0.1) is 0 Å². The van der Waals surface area contributed by atoms with Crippen molar-refractivity contribution in [2.45, 2.75) is 0 Å². The van der Waals surface area contributed by atoms with Gasteiger partial charge >= 0.3 is 5.97 Å². The number of carbonyl (C=O) groups excluding carboxylic acids is 1. The number of carboxylic acids is 1. The number of halogens is 1. The Morgan fingerprint density at radius 3 is 2.39 bits per heavy atom. The maximum Gasteiger partial charge on any atom is 0.345 e. The van der Waals surface area contributed by atoms with Crippen LogP contribution in [-0.2, 0) is 0 Å². The number of nitrogens with one attached hydrogen (secondary N) is 1. The molecule has 0 spiro atoms. The van der Waals surface area contributed by atoms with E-state index in [0.717, 1.165) is 26.4 Å². The summed E-state index contributed by atoms with van der Waals surface area (Å²) in [5.74, 6) is -1.42. The number of aromatic carboxylic acids is 1. The van der Waals surface area contributed by atoms with E-state index in [1.807, 2.05) is 30.3 Å². The highest BCUT2D eigenvalue weighted by molar-refractivity contribution is 9.11. The highest BCUT2D eigenvalue weighted by atomic mass is 79.9. The molecule has 3 aromatic rings. The van der Waals surface area contributed by atoms with Gasteiger partial charge in [0.15, 0.2) is 5.13 Å². The Labute approximate surface area is 147 Å². The maximum atomic E-state index is 12.2. The lowest BCUT2D eigenvalue weighted by Crippen LogP contribution is -2.09. The molecule has 2 aromatic heterocycles. The molecule has 0 unspecified atom stereocenters. The van der Waals surface area contributed by atoms with Crippen LogP contribution < -0.4 is 5.32 Å². The van der Waals surface area contributed by atoms with Crippen molar-refractivity contribution in [3.05, 3.63) is 56.0 Å². The van der Waals surface area contributed by atoms with Gasteiger partial charge in [-0.2, -0.15) is 0 Å². The first-order chi connectivity index (χ1) is 11.0. The van der Waals surface area contributed by atoms with E-state index < -0.39 is 5.97 Å². The summed E-state index contributed by atoms with van der Waals surface area (Å²) in [6, 6.07) is 12.5. The van der Waals surface area contributed by atoms with Crippen LogP contribution in [0.4, 0.5) is 5.13 Å². The number of carbonyl (C=O) groups is 2. The average Bonchev–Trinajstić information content (AvgIpc) is 3.15. The molecule has 1 amide bonds. The first-order valence-electron chi connectivity index (χ1n) is 6.41. The molecule has 2 N–H and O–H groups in total. The lowest BCUT2D eigenvalue weighted by atomic mass is 10.2. The summed E-state index contributed by atoms with van der Waals surface area (Å²) in [4.78, 5) is 27.9. The minimum Gasteiger partial charge on any atom is -0.477 e. The monoisotopic (exact) mass is 408 g/mol. The standard InChI is InChI=1S/C15H9BrN2O3S2/c16-12-11(8-4-2-1-3-5-8)17-15(23-12)18-13(19)9-6-7-10(22-9)14(20)21/h1-7H,(H,20,21)(H,17,18,19). The van der Waals surface area contributed by atoms with Gasteiger partial charge in [0.1, 0.15) is 4.88 Å². The Morgan fingerprint density at radius 2 is 1.74 bits per heavy atom. The number of aromatic nitrogens is 1. The predicted molar refractivity (Wildman–Crippen MR) is 94.5 cm³/mol. The second kappa shape index (κ2) is 6.61. The quantitative estimate of drug-likeness (QED) is 0.661. The molecule has 5 nitrogen and oxygen atoms in total. The lowest BCUT2D eigenvalue weighted by molar-refractivity contribution is 0.0702. The van der Waals surface area contributed by atoms with Gasteiger partial charge in [0.2, 0.25) is 0 Å². The SMILES string of the molecule is O=C(O)c1ccc(C(=O)Nc2nc(-c3ccccc3)c(Br)s2)s1. The number of nitrogens with zero attached hydrogens (tertiary/aromatic N) is 1. The molecule has 0 atom stereocenters. The zero-order valence-corrected chi connectivity index (χ0v) is 14.7. The molecule has 1 aromatic carbocycles. The van der Waals surface area contributed by atoms with Crippen LogP contribution in [-0.4, -0.2) is 22.0 Å². The van der Waals surface area contributed by atoms with E-state index in [9.17, 15) is 9.59 Å². The number of hydrogen-bond acceptors (Lipinski definition) is 5. The van der Waals surface area contributed by atoms with Gasteiger partial charge in [-0.05, 0) is 28.1 Å². The second-order valence-electron chi connectivity index (χ2n) is 4.43. The minimum absolute atomic E-state index is 0.125. The zero-order valence-electron chi connectivity index (χ0n) is 11.4. The van der Waals surface area contributed by atoms with Crippen molar-refractivity contribution in [3.8, 4) is 11.3 Å². The van der Waals surface area contributed by atoms with Crippen molar-refractivity contribution < 1.29 is 14.7 Å². The van der Waals surface area contributed by atoms with E-state index in [-0.39, 0.29) is 10.8 Å². The summed E-state index contributed by atoms with van der Waals surface area (Å²) in [6.07, 6.45) is 0. The summed E-state index contributed by atoms with van der Waals surface area (Å²) in [6.45, 7) is 0. The van der Waals surface area contributed by atoms with Crippen molar-refractivity contribution in [2.24, 2.45) is 0 Å². The number of rotatable bonds is 4. The van der Waals surface area contributed by atoms with Gasteiger partial charge in [0.25, 0.3) is 5.91 Å². The number of thiophene rings is 1. The summed E-state index contributed by atoms with van der Waals surface area (Å²) in [7, 11) is 0. The molecule has 23 heavy (non-hydrogen) atoms. The van der Waals surface area contributed by atoms with E-state index in [4.69, 9.17) is 5.11 Å². The molecule has 8 heteroatoms. The number of benzene rings is 1. The Balaban J connectivity index is 1.80. The number of anilines is 1. The number of thiazole rings is 1. The van der Waals surface area contributed by atoms with Crippen LogP contribution in [0.15, 0.2) is 46.3 Å². The zero-order chi connectivity index (χ0) is 16.4. The molecule has 0 saturated heterocycles. The Bertz CT molecular complexity index is 874. The van der Waals surface area contributed by atoms with E-state index in [0.29, 0.717) is 10.0 Å². The van der Waals surface area contributed by atoms with Gasteiger partial charge in [-0.1, -0.05) is 41.7 Å². The summed E-state index contributed by atoms with van der Waals surface area (Å²) in [5.41, 5.74) is 1.70. The van der Waals surface area contributed by atoms with Crippen LogP contribution in [0.5, 0.6) is 0 Å². The van der Waals surface area contributed by atoms with Crippen molar-refractivity contribution in [3.63, 3.8) is 0 Å². The molecule has 0 saturated carbocycles. The fourth-order valence-electron chi connectivity index (χ4n) is 1.86. The van der Waals surface area contributed by atoms with E-state index >= 15 is 0 Å². The third-order valence-corrected chi connectivity index (χ3v) is 5.59. The smallest absolute Gasteiger partial charge is 0.345 e. The largest absolute Gasteiger partial charge is 0.477 e. The van der Waals surface area contributed by atoms with Crippen LogP contribution in [0.2, 0.25) is 0 Å². The normalized spacial score (nSPS) is 10.5. The third kappa shape index (κ3) is 3.49. The molecular weight excluding hydrogens is 400 g/mol. The lowest BCUT2D eigenvalue weighted by Gasteiger charge is -1.98. The highest BCUT2D eigenvalue weighted by Crippen LogP contribution is 2.35. The second-order valence-corrected chi connectivity index (χ2v) is 7.83. The number of amides is 1. The minimum atomic E-state index is -1.04. The summed E-state index contributed by atoms with van der Waals surface area (Å²) >= 11 is 5.69. The highest BCUT2D eigenvalue weighted by Gasteiger charge is 2.16. The Morgan fingerprint density at radius 1 is 1.04 bits per heavy atom. The molecule has 0 aliphatic heterocycles. The van der Waals surface area contributed by atoms with Gasteiger partial charge < -0.3 is 5.11 Å². The van der Waals surface area contributed by atoms with Gasteiger partial charge in [-0.3, -0.25) is 10.1 Å². The van der Waals surface area contributed by atoms with Gasteiger partial charge in [0, 0.05) is 5.56 Å². The van der Waals surface area contributed by atoms with Crippen molar-refractivity contribution in [2.75, 3.05) is 5.32 Å². The fraction of sp³-hybridized carbons (Fsp3) is 0. The molecule has 0 fully saturated rings. The van der Waals surface area contributed by atoms with E-state index in [1.54, 1.807) is 0 Å². The average molecular weight is 409 g/mol. The Hall–Kier alpha value is -2.03. The maximum absolute atomic E-state index is 12.2. The summed E-state index contributed by atoms with van der Waals surface area (Å²) in [5, 5.41) is 12.0. The fourth-order valence-corrected chi connectivity index (χ4v) is 4.09. The van der Waals surface area contributed by atoms with E-state index in [1.165, 1.54) is 23.5 Å². The molecule has 0 radical (unpaired) electrons. The number of carboxylic acid groups (broad SMARTS) is 1. The molecule has 0 aliphatic rings. The van der Waals surface area contributed by atoms with Crippen molar-refractivity contribution >= 4 is 55.6 Å². The van der Waals surface area contributed by atoms with Gasteiger partial charge in [-0.15, -0.1) is 11.3 Å². The molecule has 0 aliphatic carbocycles. The number of hydrogen-bond donors (Lipinski definition) is 2. The van der Waals surface area contributed by atoms with Gasteiger partial charge in [0.05, 0.1) is 14.4 Å². The third-order valence-electron chi connectivity index (χ3n) is 2.89. The topological polar surface area (TPSA) is 79.3 Å². The van der Waals surface area contributed by atoms with Crippen LogP contribution in [0.1, 0.15) is 19.3 Å².